The van der Waals surface area contributed by atoms with Gasteiger partial charge in [0.1, 0.15) is 17.6 Å². The number of aromatic nitrogens is 2. The van der Waals surface area contributed by atoms with Crippen LogP contribution in [0.15, 0.2) is 48.5 Å². The van der Waals surface area contributed by atoms with E-state index in [2.05, 4.69) is 5.10 Å². The van der Waals surface area contributed by atoms with E-state index in [-0.39, 0.29) is 5.82 Å². The van der Waals surface area contributed by atoms with Gasteiger partial charge in [-0.25, -0.2) is 4.39 Å². The molecule has 1 heterocycles. The Bertz CT molecular complexity index is 736. The number of hydrogen-bond acceptors (Lipinski definition) is 2. The molecule has 96 valence electrons. The van der Waals surface area contributed by atoms with E-state index in [0.717, 1.165) is 10.9 Å². The standard InChI is InChI=1S/C15H13FN2O/c1-18-13-8-3-2-7-12(13)14(17-18)15(19)10-5-4-6-11(16)9-10/h2-9,15,19H,1H3. The molecule has 0 radical (unpaired) electrons. The van der Waals surface area contributed by atoms with Crippen molar-refractivity contribution >= 4 is 10.9 Å². The average molecular weight is 256 g/mol. The third kappa shape index (κ3) is 2.00. The van der Waals surface area contributed by atoms with Crippen molar-refractivity contribution in [3.63, 3.8) is 0 Å². The number of fused-ring (bicyclic) bond motifs is 1. The van der Waals surface area contributed by atoms with Crippen LogP contribution in [0.1, 0.15) is 17.4 Å². The third-order valence-corrected chi connectivity index (χ3v) is 3.21. The highest BCUT2D eigenvalue weighted by atomic mass is 19.1. The third-order valence-electron chi connectivity index (χ3n) is 3.21. The zero-order valence-electron chi connectivity index (χ0n) is 10.4. The molecule has 0 bridgehead atoms. The number of nitrogens with zero attached hydrogens (tertiary/aromatic N) is 2. The van der Waals surface area contributed by atoms with E-state index in [9.17, 15) is 9.50 Å². The number of hydrogen-bond donors (Lipinski definition) is 1. The summed E-state index contributed by atoms with van der Waals surface area (Å²) in [6.07, 6.45) is -0.929. The molecule has 0 aliphatic rings. The van der Waals surface area contributed by atoms with E-state index in [4.69, 9.17) is 0 Å². The monoisotopic (exact) mass is 256 g/mol. The van der Waals surface area contributed by atoms with Gasteiger partial charge in [-0.05, 0) is 23.8 Å². The van der Waals surface area contributed by atoms with Crippen molar-refractivity contribution in [1.29, 1.82) is 0 Å². The van der Waals surface area contributed by atoms with Crippen LogP contribution in [0, 0.1) is 5.82 Å². The molecule has 0 fully saturated rings. The Morgan fingerprint density at radius 3 is 2.74 bits per heavy atom. The van der Waals surface area contributed by atoms with E-state index in [1.54, 1.807) is 16.8 Å². The van der Waals surface area contributed by atoms with Gasteiger partial charge in [-0.1, -0.05) is 30.3 Å². The Hall–Kier alpha value is -2.20. The minimum absolute atomic E-state index is 0.364. The van der Waals surface area contributed by atoms with Crippen molar-refractivity contribution in [2.75, 3.05) is 0 Å². The van der Waals surface area contributed by atoms with Crippen LogP contribution < -0.4 is 0 Å². The molecule has 1 aromatic heterocycles. The lowest BCUT2D eigenvalue weighted by atomic mass is 10.0. The predicted molar refractivity (Wildman–Crippen MR) is 71.2 cm³/mol. The second kappa shape index (κ2) is 4.48. The normalized spacial score (nSPS) is 12.8. The van der Waals surface area contributed by atoms with Gasteiger partial charge in [0, 0.05) is 12.4 Å². The summed E-state index contributed by atoms with van der Waals surface area (Å²) in [5.74, 6) is -0.364. The molecule has 0 aliphatic heterocycles. The van der Waals surface area contributed by atoms with Gasteiger partial charge in [-0.15, -0.1) is 0 Å². The first-order valence-corrected chi connectivity index (χ1v) is 6.02. The maximum absolute atomic E-state index is 13.2. The van der Waals surface area contributed by atoms with Gasteiger partial charge in [0.05, 0.1) is 5.52 Å². The Morgan fingerprint density at radius 1 is 1.16 bits per heavy atom. The van der Waals surface area contributed by atoms with E-state index in [1.807, 2.05) is 31.3 Å². The van der Waals surface area contributed by atoms with Crippen LogP contribution in [0.5, 0.6) is 0 Å². The minimum Gasteiger partial charge on any atom is -0.382 e. The van der Waals surface area contributed by atoms with Crippen LogP contribution in [0.4, 0.5) is 4.39 Å². The van der Waals surface area contributed by atoms with Crippen LogP contribution in [0.25, 0.3) is 10.9 Å². The molecule has 3 nitrogen and oxygen atoms in total. The van der Waals surface area contributed by atoms with Crippen LogP contribution in [0.3, 0.4) is 0 Å². The first-order chi connectivity index (χ1) is 9.16. The predicted octanol–water partition coefficient (Wildman–Crippen LogP) is 2.79. The quantitative estimate of drug-likeness (QED) is 0.765. The van der Waals surface area contributed by atoms with Crippen LogP contribution in [-0.2, 0) is 7.05 Å². The van der Waals surface area contributed by atoms with E-state index in [0.29, 0.717) is 11.3 Å². The minimum atomic E-state index is -0.929. The first-order valence-electron chi connectivity index (χ1n) is 6.02. The van der Waals surface area contributed by atoms with Gasteiger partial charge in [-0.3, -0.25) is 4.68 Å². The summed E-state index contributed by atoms with van der Waals surface area (Å²) >= 11 is 0. The number of rotatable bonds is 2. The van der Waals surface area contributed by atoms with Gasteiger partial charge in [0.25, 0.3) is 0 Å². The number of aryl methyl sites for hydroxylation is 1. The molecule has 1 N–H and O–H groups in total. The topological polar surface area (TPSA) is 38.0 Å². The average Bonchev–Trinajstić information content (AvgIpc) is 2.76. The van der Waals surface area contributed by atoms with Crippen molar-refractivity contribution < 1.29 is 9.50 Å². The molecular weight excluding hydrogens is 243 g/mol. The SMILES string of the molecule is Cn1nc(C(O)c2cccc(F)c2)c2ccccc21. The number of para-hydroxylation sites is 1. The van der Waals surface area contributed by atoms with E-state index >= 15 is 0 Å². The lowest BCUT2D eigenvalue weighted by Gasteiger charge is -2.08. The number of aliphatic hydroxyl groups is 1. The van der Waals surface area contributed by atoms with Crippen molar-refractivity contribution in [3.05, 3.63) is 65.6 Å². The molecule has 2 aromatic carbocycles. The fourth-order valence-electron chi connectivity index (χ4n) is 2.28. The molecule has 19 heavy (non-hydrogen) atoms. The molecule has 0 spiro atoms. The lowest BCUT2D eigenvalue weighted by Crippen LogP contribution is -2.02. The Morgan fingerprint density at radius 2 is 1.95 bits per heavy atom. The number of benzene rings is 2. The highest BCUT2D eigenvalue weighted by Gasteiger charge is 2.18. The largest absolute Gasteiger partial charge is 0.382 e. The van der Waals surface area contributed by atoms with E-state index in [1.165, 1.54) is 12.1 Å². The summed E-state index contributed by atoms with van der Waals surface area (Å²) in [6, 6.07) is 13.6. The molecule has 4 heteroatoms. The van der Waals surface area contributed by atoms with Crippen LogP contribution >= 0.6 is 0 Å². The first kappa shape index (κ1) is 11.9. The molecule has 3 rings (SSSR count). The maximum Gasteiger partial charge on any atom is 0.124 e. The molecular formula is C15H13FN2O. The maximum atomic E-state index is 13.2. The molecule has 0 amide bonds. The second-order valence-electron chi connectivity index (χ2n) is 4.48. The van der Waals surface area contributed by atoms with Crippen LogP contribution in [0.2, 0.25) is 0 Å². The van der Waals surface area contributed by atoms with Gasteiger partial charge in [0.15, 0.2) is 0 Å². The Balaban J connectivity index is 2.14. The van der Waals surface area contributed by atoms with Gasteiger partial charge in [-0.2, -0.15) is 5.10 Å². The molecule has 3 aromatic rings. The number of aliphatic hydroxyl groups excluding tert-OH is 1. The second-order valence-corrected chi connectivity index (χ2v) is 4.48. The molecule has 0 aliphatic carbocycles. The van der Waals surface area contributed by atoms with Gasteiger partial charge >= 0.3 is 0 Å². The Kier molecular flexibility index (Phi) is 2.80. The van der Waals surface area contributed by atoms with Crippen molar-refractivity contribution in [3.8, 4) is 0 Å². The summed E-state index contributed by atoms with van der Waals surface area (Å²) < 4.78 is 14.9. The summed E-state index contributed by atoms with van der Waals surface area (Å²) in [5.41, 5.74) is 1.99. The molecule has 0 saturated carbocycles. The van der Waals surface area contributed by atoms with Crippen molar-refractivity contribution in [2.45, 2.75) is 6.10 Å². The van der Waals surface area contributed by atoms with E-state index < -0.39 is 6.10 Å². The van der Waals surface area contributed by atoms with Gasteiger partial charge in [0.2, 0.25) is 0 Å². The van der Waals surface area contributed by atoms with Gasteiger partial charge < -0.3 is 5.11 Å². The summed E-state index contributed by atoms with van der Waals surface area (Å²) in [5, 5.41) is 15.6. The smallest absolute Gasteiger partial charge is 0.124 e. The summed E-state index contributed by atoms with van der Waals surface area (Å²) in [6.45, 7) is 0. The molecule has 0 saturated heterocycles. The molecule has 1 atom stereocenters. The highest BCUT2D eigenvalue weighted by molar-refractivity contribution is 5.82. The fourth-order valence-corrected chi connectivity index (χ4v) is 2.28. The number of halogens is 1. The highest BCUT2D eigenvalue weighted by Crippen LogP contribution is 2.28. The lowest BCUT2D eigenvalue weighted by molar-refractivity contribution is 0.215. The van der Waals surface area contributed by atoms with Crippen LogP contribution in [-0.4, -0.2) is 14.9 Å². The zero-order valence-corrected chi connectivity index (χ0v) is 10.4. The fraction of sp³-hybridized carbons (Fsp3) is 0.133. The molecule has 1 unspecified atom stereocenters. The summed E-state index contributed by atoms with van der Waals surface area (Å²) in [7, 11) is 1.82. The summed E-state index contributed by atoms with van der Waals surface area (Å²) in [4.78, 5) is 0. The van der Waals surface area contributed by atoms with Crippen molar-refractivity contribution in [1.82, 2.24) is 9.78 Å². The Labute approximate surface area is 109 Å². The van der Waals surface area contributed by atoms with Crippen molar-refractivity contribution in [2.24, 2.45) is 7.05 Å². The zero-order chi connectivity index (χ0) is 13.4.